The van der Waals surface area contributed by atoms with Crippen LogP contribution in [0.5, 0.6) is 0 Å². The highest BCUT2D eigenvalue weighted by Crippen LogP contribution is 2.54. The lowest BCUT2D eigenvalue weighted by atomic mass is 9.89. The summed E-state index contributed by atoms with van der Waals surface area (Å²) in [4.78, 5) is 27.5. The second kappa shape index (κ2) is 10.0. The monoisotopic (exact) mass is 667 g/mol. The molecule has 1 aromatic heterocycles. The number of ether oxygens (including phenoxy) is 1. The Morgan fingerprint density at radius 1 is 1.10 bits per heavy atom. The van der Waals surface area contributed by atoms with Gasteiger partial charge in [-0.15, -0.1) is 0 Å². The van der Waals surface area contributed by atoms with Gasteiger partial charge < -0.3 is 19.3 Å². The molecule has 39 heavy (non-hydrogen) atoms. The van der Waals surface area contributed by atoms with Gasteiger partial charge in [0.1, 0.15) is 12.2 Å². The number of nitrogens with two attached hydrogens (primary N) is 1. The van der Waals surface area contributed by atoms with Gasteiger partial charge in [-0.2, -0.15) is 8.42 Å². The number of hydrogen-bond donors (Lipinski definition) is 2. The number of hydrogen-bond acceptors (Lipinski definition) is 9. The highest BCUT2D eigenvalue weighted by Gasteiger charge is 2.69. The van der Waals surface area contributed by atoms with Crippen LogP contribution in [0.2, 0.25) is 36.3 Å². The fourth-order valence-electron chi connectivity index (χ4n) is 4.00. The third-order valence-corrected chi connectivity index (χ3v) is 20.3. The van der Waals surface area contributed by atoms with Crippen LogP contribution in [0.3, 0.4) is 0 Å². The van der Waals surface area contributed by atoms with Gasteiger partial charge in [0.15, 0.2) is 32.3 Å². The molecule has 0 saturated carbocycles. The molecule has 3 rings (SSSR count). The Bertz CT molecular complexity index is 1390. The van der Waals surface area contributed by atoms with E-state index in [4.69, 9.17) is 23.5 Å². The van der Waals surface area contributed by atoms with Gasteiger partial charge in [-0.25, -0.2) is 8.98 Å². The molecule has 2 aliphatic heterocycles. The van der Waals surface area contributed by atoms with Crippen LogP contribution in [0.1, 0.15) is 53.3 Å². The molecule has 3 N–H and O–H groups in total. The summed E-state index contributed by atoms with van der Waals surface area (Å²) in [5, 5.41) is -0.444. The molecule has 2 unspecified atom stereocenters. The molecule has 0 bridgehead atoms. The minimum atomic E-state index is -4.30. The fraction of sp³-hybridized carbons (Fsp3) is 0.750. The third kappa shape index (κ3) is 5.57. The molecule has 0 amide bonds. The van der Waals surface area contributed by atoms with E-state index < -0.39 is 62.0 Å². The summed E-state index contributed by atoms with van der Waals surface area (Å²) in [7, 11) is -9.31. The molecular formula is C24H42BrN3O8SSi2. The summed E-state index contributed by atoms with van der Waals surface area (Å²) < 4.78 is 52.7. The van der Waals surface area contributed by atoms with Crippen molar-refractivity contribution in [2.24, 2.45) is 5.73 Å². The van der Waals surface area contributed by atoms with Crippen LogP contribution in [0.25, 0.3) is 0 Å². The second-order valence-corrected chi connectivity index (χ2v) is 25.7. The summed E-state index contributed by atoms with van der Waals surface area (Å²) in [6.45, 7) is 22.0. The molecule has 0 radical (unpaired) electrons. The van der Waals surface area contributed by atoms with Crippen molar-refractivity contribution in [2.75, 3.05) is 6.61 Å². The van der Waals surface area contributed by atoms with Crippen molar-refractivity contribution in [3.8, 4) is 0 Å². The zero-order chi connectivity index (χ0) is 30.1. The molecule has 0 aliphatic carbocycles. The van der Waals surface area contributed by atoms with Gasteiger partial charge in [0.25, 0.3) is 5.56 Å². The zero-order valence-corrected chi connectivity index (χ0v) is 29.0. The van der Waals surface area contributed by atoms with Crippen molar-refractivity contribution in [1.29, 1.82) is 0 Å². The molecule has 1 fully saturated rings. The van der Waals surface area contributed by atoms with Gasteiger partial charge in [0.2, 0.25) is 0 Å². The summed E-state index contributed by atoms with van der Waals surface area (Å²) in [6.07, 6.45) is -2.03. The maximum absolute atomic E-state index is 13.1. The van der Waals surface area contributed by atoms with E-state index in [1.807, 2.05) is 33.9 Å². The Kier molecular flexibility index (Phi) is 8.34. The molecule has 11 nitrogen and oxygen atoms in total. The number of aromatic amines is 1. The molecule has 15 heteroatoms. The largest absolute Gasteiger partial charge is 0.414 e. The van der Waals surface area contributed by atoms with Crippen molar-refractivity contribution < 1.29 is 26.2 Å². The lowest BCUT2D eigenvalue weighted by molar-refractivity contribution is -0.0563. The fourth-order valence-corrected chi connectivity index (χ4v) is 7.95. The third-order valence-electron chi connectivity index (χ3n) is 8.61. The molecule has 222 valence electrons. The second-order valence-electron chi connectivity index (χ2n) is 13.4. The summed E-state index contributed by atoms with van der Waals surface area (Å²) in [5.41, 5.74) is 3.60. The first-order valence-electron chi connectivity index (χ1n) is 12.8. The van der Waals surface area contributed by atoms with Crippen molar-refractivity contribution >= 4 is 42.7 Å². The van der Waals surface area contributed by atoms with Crippen molar-refractivity contribution in [2.45, 2.75) is 109 Å². The lowest BCUT2D eigenvalue weighted by Crippen LogP contribution is -2.59. The SMILES string of the molecule is Cc1cn([C@@H]2OC(CO[Si](C)(C)C(C)(C)C)C3(OS(=O)(=O)C(Br)=C3N)[C@H]2O[Si](C)(C)C(C)(C)C)c(=O)[nH]c1=O. The first-order chi connectivity index (χ1) is 17.4. The zero-order valence-electron chi connectivity index (χ0n) is 24.6. The number of aromatic nitrogens is 2. The number of nitrogens with zero attached hydrogens (tertiary/aromatic N) is 1. The van der Waals surface area contributed by atoms with E-state index in [1.165, 1.54) is 10.8 Å². The molecule has 3 heterocycles. The van der Waals surface area contributed by atoms with Crippen molar-refractivity contribution in [3.05, 3.63) is 42.1 Å². The van der Waals surface area contributed by atoms with Crippen LogP contribution in [0, 0.1) is 6.92 Å². The van der Waals surface area contributed by atoms with Gasteiger partial charge in [-0.1, -0.05) is 41.5 Å². The molecule has 4 atom stereocenters. The van der Waals surface area contributed by atoms with E-state index in [2.05, 4.69) is 54.8 Å². The van der Waals surface area contributed by atoms with Crippen LogP contribution in [0.15, 0.2) is 25.3 Å². The predicted molar refractivity (Wildman–Crippen MR) is 158 cm³/mol. The van der Waals surface area contributed by atoms with Crippen LogP contribution in [0.4, 0.5) is 0 Å². The molecule has 0 aromatic carbocycles. The smallest absolute Gasteiger partial charge is 0.330 e. The topological polar surface area (TPSA) is 152 Å². The van der Waals surface area contributed by atoms with Gasteiger partial charge in [-0.3, -0.25) is 14.3 Å². The van der Waals surface area contributed by atoms with E-state index in [-0.39, 0.29) is 31.8 Å². The number of H-pyrrole nitrogens is 1. The van der Waals surface area contributed by atoms with Crippen molar-refractivity contribution in [3.63, 3.8) is 0 Å². The number of nitrogens with one attached hydrogen (secondary N) is 1. The molecular weight excluding hydrogens is 626 g/mol. The Labute approximate surface area is 241 Å². The lowest BCUT2D eigenvalue weighted by Gasteiger charge is -2.43. The van der Waals surface area contributed by atoms with E-state index in [0.29, 0.717) is 0 Å². The number of halogens is 1. The maximum Gasteiger partial charge on any atom is 0.330 e. The Balaban J connectivity index is 2.29. The highest BCUT2D eigenvalue weighted by molar-refractivity contribution is 9.13. The average Bonchev–Trinajstić information content (AvgIpc) is 3.14. The summed E-state index contributed by atoms with van der Waals surface area (Å²) in [5.74, 6) is 0. The number of aryl methyl sites for hydroxylation is 1. The summed E-state index contributed by atoms with van der Waals surface area (Å²) >= 11 is 3.11. The van der Waals surface area contributed by atoms with Gasteiger partial charge in [0.05, 0.1) is 12.3 Å². The van der Waals surface area contributed by atoms with E-state index in [0.717, 1.165) is 0 Å². The van der Waals surface area contributed by atoms with Gasteiger partial charge >= 0.3 is 15.8 Å². The molecule has 1 saturated heterocycles. The van der Waals surface area contributed by atoms with Crippen LogP contribution >= 0.6 is 15.9 Å². The Hall–Kier alpha value is -1.08. The normalized spacial score (nSPS) is 28.1. The minimum Gasteiger partial charge on any atom is -0.414 e. The van der Waals surface area contributed by atoms with Gasteiger partial charge in [-0.05, 0) is 59.1 Å². The quantitative estimate of drug-likeness (QED) is 0.341. The molecule has 2 aliphatic rings. The van der Waals surface area contributed by atoms with E-state index in [9.17, 15) is 18.0 Å². The Morgan fingerprint density at radius 3 is 2.10 bits per heavy atom. The standard InChI is InChI=1S/C24H42BrN3O8SSi2/c1-14-12-28(21(30)27-19(14)29)20-17(35-39(10,11)23(5,6)7)24(16(26)18(25)37(31,32)36-24)15(34-20)13-33-38(8,9)22(2,3)4/h12,15,17,20H,13,26H2,1-11H3,(H,27,29,30)/t15?,17-,20+,24?/m0/s1. The summed E-state index contributed by atoms with van der Waals surface area (Å²) in [6, 6.07) is 0. The van der Waals surface area contributed by atoms with Crippen LogP contribution in [-0.4, -0.2) is 59.0 Å². The highest BCUT2D eigenvalue weighted by atomic mass is 79.9. The average molecular weight is 669 g/mol. The first kappa shape index (κ1) is 32.4. The van der Waals surface area contributed by atoms with Crippen LogP contribution < -0.4 is 17.0 Å². The van der Waals surface area contributed by atoms with Gasteiger partial charge in [0, 0.05) is 11.8 Å². The minimum absolute atomic E-state index is 0.0576. The first-order valence-corrected chi connectivity index (χ1v) is 20.8. The van der Waals surface area contributed by atoms with Crippen LogP contribution in [-0.2, 0) is 27.9 Å². The van der Waals surface area contributed by atoms with Crippen molar-refractivity contribution in [1.82, 2.24) is 9.55 Å². The number of rotatable bonds is 6. The maximum atomic E-state index is 13.1. The predicted octanol–water partition coefficient (Wildman–Crippen LogP) is 3.78. The van der Waals surface area contributed by atoms with E-state index >= 15 is 0 Å². The Morgan fingerprint density at radius 2 is 1.64 bits per heavy atom. The van der Waals surface area contributed by atoms with E-state index in [1.54, 1.807) is 6.92 Å². The molecule has 1 spiro atoms. The molecule has 1 aromatic rings.